The highest BCUT2D eigenvalue weighted by atomic mass is 32.1. The molecule has 0 aromatic carbocycles. The highest BCUT2D eigenvalue weighted by molar-refractivity contribution is 7.71. The Morgan fingerprint density at radius 2 is 1.90 bits per heavy atom. The van der Waals surface area contributed by atoms with E-state index in [4.69, 9.17) is 46.5 Å². The highest BCUT2D eigenvalue weighted by Crippen LogP contribution is 2.66. The normalized spacial score (nSPS) is 27.0. The molecule has 1 amide bonds. The largest absolute Gasteiger partial charge is 0.490 e. The number of aromatic nitrogens is 4. The minimum absolute atomic E-state index is 0.0396. The number of thiophene rings is 1. The summed E-state index contributed by atoms with van der Waals surface area (Å²) in [6.07, 6.45) is -4.70. The summed E-state index contributed by atoms with van der Waals surface area (Å²) in [4.78, 5) is 60.4. The Labute approximate surface area is 243 Å². The van der Waals surface area contributed by atoms with E-state index in [0.717, 1.165) is 5.56 Å². The number of phosphoric acid groups is 3. The van der Waals surface area contributed by atoms with Gasteiger partial charge in [0, 0.05) is 6.54 Å². The Balaban J connectivity index is 1.36. The Bertz CT molecular complexity index is 1680. The standard InChI is InChI=1S/C17H21N6O14P3S2/c18-17-21-12-9(14(41)22-17)20-6-23(12)15-11-10(34-16(35-11)13(24)19-3-7-1-2-42-5-7)8(33-15)4-32-39(28,29)37-40(30,31)36-38(25,26)27/h1-2,5-6,8,10-11,15-16H,3-4H2,(H,19,24)(H,28,29)(H,30,31)(H2,25,26,27)(H3,18,21,22,41)/t8-,10-,11-,15-,16?/m1/s1. The molecule has 2 aliphatic rings. The summed E-state index contributed by atoms with van der Waals surface area (Å²) in [6.45, 7) is -0.675. The number of carbonyl (C=O) groups is 1. The minimum atomic E-state index is -5.75. The van der Waals surface area contributed by atoms with E-state index in [9.17, 15) is 28.3 Å². The van der Waals surface area contributed by atoms with Crippen LogP contribution in [-0.4, -0.2) is 76.2 Å². The van der Waals surface area contributed by atoms with Crippen molar-refractivity contribution in [2.75, 3.05) is 12.3 Å². The van der Waals surface area contributed by atoms with Crippen molar-refractivity contribution in [2.24, 2.45) is 0 Å². The first kappa shape index (κ1) is 31.5. The van der Waals surface area contributed by atoms with E-state index in [1.54, 1.807) is 0 Å². The fraction of sp³-hybridized carbons (Fsp3) is 0.412. The third-order valence-electron chi connectivity index (χ3n) is 5.66. The number of nitrogens with one attached hydrogen (secondary N) is 2. The number of hydrogen-bond donors (Lipinski definition) is 7. The van der Waals surface area contributed by atoms with Crippen molar-refractivity contribution >= 4 is 70.0 Å². The second-order valence-corrected chi connectivity index (χ2v) is 14.2. The number of phosphoric ester groups is 1. The van der Waals surface area contributed by atoms with E-state index in [0.29, 0.717) is 0 Å². The number of H-pyrrole nitrogens is 1. The first-order chi connectivity index (χ1) is 19.6. The molecule has 20 nitrogen and oxygen atoms in total. The molecule has 25 heteroatoms. The summed E-state index contributed by atoms with van der Waals surface area (Å²) >= 11 is 6.63. The summed E-state index contributed by atoms with van der Waals surface area (Å²) in [5, 5.41) is 6.34. The van der Waals surface area contributed by atoms with Crippen LogP contribution in [0.4, 0.5) is 5.95 Å². The molecule has 0 aliphatic carbocycles. The molecular formula is C17H21N6O14P3S2. The minimum Gasteiger partial charge on any atom is -0.369 e. The van der Waals surface area contributed by atoms with Crippen molar-refractivity contribution < 1.29 is 65.4 Å². The number of amides is 1. The fourth-order valence-corrected chi connectivity index (χ4v) is 8.05. The number of rotatable bonds is 11. The predicted octanol–water partition coefficient (Wildman–Crippen LogP) is 0.800. The maximum absolute atomic E-state index is 12.8. The molecule has 230 valence electrons. The van der Waals surface area contributed by atoms with Crippen LogP contribution in [0.2, 0.25) is 0 Å². The average molecular weight is 690 g/mol. The molecule has 3 aromatic heterocycles. The number of ether oxygens (including phenoxy) is 3. The molecule has 5 heterocycles. The van der Waals surface area contributed by atoms with Crippen LogP contribution in [0.25, 0.3) is 11.2 Å². The van der Waals surface area contributed by atoms with Gasteiger partial charge in [-0.05, 0) is 22.4 Å². The van der Waals surface area contributed by atoms with Crippen LogP contribution in [0, 0.1) is 4.64 Å². The number of carbonyl (C=O) groups excluding carboxylic acids is 1. The van der Waals surface area contributed by atoms with E-state index in [1.807, 2.05) is 16.8 Å². The van der Waals surface area contributed by atoms with Crippen LogP contribution < -0.4 is 11.1 Å². The molecule has 2 saturated heterocycles. The van der Waals surface area contributed by atoms with Crippen molar-refractivity contribution in [3.05, 3.63) is 33.4 Å². The molecular weight excluding hydrogens is 669 g/mol. The molecule has 3 unspecified atom stereocenters. The van der Waals surface area contributed by atoms with Gasteiger partial charge in [0.05, 0.1) is 12.9 Å². The van der Waals surface area contributed by atoms with Crippen molar-refractivity contribution in [3.63, 3.8) is 0 Å². The van der Waals surface area contributed by atoms with Crippen LogP contribution in [0.3, 0.4) is 0 Å². The van der Waals surface area contributed by atoms with E-state index < -0.39 is 66.8 Å². The van der Waals surface area contributed by atoms with Gasteiger partial charge < -0.3 is 49.8 Å². The number of nitrogens with zero attached hydrogens (tertiary/aromatic N) is 3. The van der Waals surface area contributed by atoms with Crippen molar-refractivity contribution in [1.29, 1.82) is 0 Å². The van der Waals surface area contributed by atoms with E-state index in [2.05, 4.69) is 28.9 Å². The SMILES string of the molecule is Nc1nc(=S)c2ncn([C@@H]3O[C@H](COP(=O)(O)OP(=O)(O)OP(=O)(O)O)[C@H]4OC(C(=O)NCc5ccsc5)O[C@H]43)c2[nH]1. The maximum Gasteiger partial charge on any atom is 0.490 e. The van der Waals surface area contributed by atoms with Gasteiger partial charge in [0.2, 0.25) is 6.29 Å². The van der Waals surface area contributed by atoms with Crippen LogP contribution >= 0.6 is 47.0 Å². The van der Waals surface area contributed by atoms with E-state index in [-0.39, 0.29) is 28.3 Å². The quantitative estimate of drug-likeness (QED) is 0.108. The zero-order chi connectivity index (χ0) is 30.4. The number of nitrogen functional groups attached to an aromatic ring is 1. The number of aromatic amines is 1. The van der Waals surface area contributed by atoms with Crippen molar-refractivity contribution in [2.45, 2.75) is 37.4 Å². The van der Waals surface area contributed by atoms with Crippen LogP contribution in [0.5, 0.6) is 0 Å². The third kappa shape index (κ3) is 7.21. The van der Waals surface area contributed by atoms with Gasteiger partial charge in [0.1, 0.15) is 29.5 Å². The summed E-state index contributed by atoms with van der Waals surface area (Å²) in [5.74, 6) is -0.674. The lowest BCUT2D eigenvalue weighted by atomic mass is 10.1. The molecule has 0 spiro atoms. The molecule has 42 heavy (non-hydrogen) atoms. The van der Waals surface area contributed by atoms with Crippen LogP contribution in [0.1, 0.15) is 11.8 Å². The molecule has 5 rings (SSSR count). The zero-order valence-electron chi connectivity index (χ0n) is 20.6. The third-order valence-corrected chi connectivity index (χ3v) is 10.5. The second kappa shape index (κ2) is 11.8. The Kier molecular flexibility index (Phi) is 8.87. The van der Waals surface area contributed by atoms with Gasteiger partial charge in [-0.1, -0.05) is 12.2 Å². The monoisotopic (exact) mass is 690 g/mol. The van der Waals surface area contributed by atoms with Crippen molar-refractivity contribution in [3.8, 4) is 0 Å². The smallest absolute Gasteiger partial charge is 0.369 e. The van der Waals surface area contributed by atoms with Gasteiger partial charge in [0.15, 0.2) is 16.8 Å². The molecule has 7 atom stereocenters. The lowest BCUT2D eigenvalue weighted by Crippen LogP contribution is -2.37. The molecule has 0 bridgehead atoms. The summed E-state index contributed by atoms with van der Waals surface area (Å²) in [7, 11) is -16.8. The molecule has 0 radical (unpaired) electrons. The van der Waals surface area contributed by atoms with Crippen molar-refractivity contribution in [1.82, 2.24) is 24.8 Å². The number of imidazole rings is 1. The Morgan fingerprint density at radius 1 is 1.17 bits per heavy atom. The highest BCUT2D eigenvalue weighted by Gasteiger charge is 2.56. The zero-order valence-corrected chi connectivity index (χ0v) is 24.9. The number of fused-ring (bicyclic) bond motifs is 2. The van der Waals surface area contributed by atoms with Crippen LogP contribution in [0.15, 0.2) is 23.2 Å². The first-order valence-electron chi connectivity index (χ1n) is 11.4. The average Bonchev–Trinajstić information content (AvgIpc) is 3.63. The summed E-state index contributed by atoms with van der Waals surface area (Å²) in [6, 6.07) is 1.81. The number of hydrogen-bond acceptors (Lipinski definition) is 15. The van der Waals surface area contributed by atoms with Gasteiger partial charge in [-0.25, -0.2) is 23.7 Å². The topological polar surface area (TPSA) is 289 Å². The summed E-state index contributed by atoms with van der Waals surface area (Å²) in [5.41, 5.74) is 7.14. The molecule has 0 saturated carbocycles. The Hall–Kier alpha value is -1.97. The molecule has 3 aromatic rings. The summed E-state index contributed by atoms with van der Waals surface area (Å²) < 4.78 is 66.1. The van der Waals surface area contributed by atoms with Gasteiger partial charge in [-0.15, -0.1) is 0 Å². The maximum atomic E-state index is 12.8. The molecule has 8 N–H and O–H groups in total. The number of nitrogens with two attached hydrogens (primary N) is 1. The number of anilines is 1. The lowest BCUT2D eigenvalue weighted by molar-refractivity contribution is -0.171. The van der Waals surface area contributed by atoms with Crippen LogP contribution in [-0.2, 0) is 52.4 Å². The van der Waals surface area contributed by atoms with Gasteiger partial charge in [-0.3, -0.25) is 13.9 Å². The Morgan fingerprint density at radius 3 is 2.60 bits per heavy atom. The molecule has 2 fully saturated rings. The lowest BCUT2D eigenvalue weighted by Gasteiger charge is -2.22. The van der Waals surface area contributed by atoms with Gasteiger partial charge >= 0.3 is 23.5 Å². The van der Waals surface area contributed by atoms with Gasteiger partial charge in [-0.2, -0.15) is 20.0 Å². The van der Waals surface area contributed by atoms with E-state index in [1.165, 1.54) is 22.2 Å². The molecule has 2 aliphatic heterocycles. The predicted molar refractivity (Wildman–Crippen MR) is 141 cm³/mol. The second-order valence-electron chi connectivity index (χ2n) is 8.61. The van der Waals surface area contributed by atoms with E-state index >= 15 is 0 Å². The fourth-order valence-electron chi connectivity index (χ4n) is 4.10. The first-order valence-corrected chi connectivity index (χ1v) is 17.2. The van der Waals surface area contributed by atoms with Gasteiger partial charge in [0.25, 0.3) is 5.91 Å².